The molecule has 4 nitrogen and oxygen atoms in total. The lowest BCUT2D eigenvalue weighted by Gasteiger charge is -2.27. The third-order valence-corrected chi connectivity index (χ3v) is 7.15. The number of piperidine rings is 1. The first-order valence-corrected chi connectivity index (χ1v) is 11.2. The van der Waals surface area contributed by atoms with E-state index in [0.29, 0.717) is 5.92 Å². The zero-order valence-electron chi connectivity index (χ0n) is 17.4. The number of hydrogen-bond donors (Lipinski definition) is 1. The predicted octanol–water partition coefficient (Wildman–Crippen LogP) is 4.42. The van der Waals surface area contributed by atoms with Crippen molar-refractivity contribution in [3.05, 3.63) is 95.6 Å². The zero-order valence-corrected chi connectivity index (χ0v) is 17.4. The molecule has 1 saturated carbocycles. The molecule has 1 unspecified atom stereocenters. The van der Waals surface area contributed by atoms with E-state index in [9.17, 15) is 4.79 Å². The average molecular weight is 411 g/mol. The number of nitrogens with one attached hydrogen (secondary N) is 1. The van der Waals surface area contributed by atoms with Gasteiger partial charge in [0.2, 0.25) is 5.91 Å². The lowest BCUT2D eigenvalue weighted by molar-refractivity contribution is -0.121. The topological polar surface area (TPSA) is 41.6 Å². The minimum Gasteiger partial charge on any atom is -0.457 e. The Hall–Kier alpha value is -3.11. The maximum atomic E-state index is 13.3. The van der Waals surface area contributed by atoms with E-state index in [1.165, 1.54) is 5.56 Å². The van der Waals surface area contributed by atoms with Gasteiger partial charge in [-0.2, -0.15) is 0 Å². The monoisotopic (exact) mass is 410 g/mol. The minimum atomic E-state index is -0.311. The van der Waals surface area contributed by atoms with E-state index < -0.39 is 0 Å². The van der Waals surface area contributed by atoms with Gasteiger partial charge in [0.05, 0.1) is 5.92 Å². The molecule has 156 valence electrons. The average Bonchev–Trinajstić information content (AvgIpc) is 3.26. The SMILES string of the molecule is O=C(NCC1[C@H]2CN(Cc3ccccc3)C[C@@H]12)C1c2ccccc2Oc2ccccc21. The van der Waals surface area contributed by atoms with E-state index in [4.69, 9.17) is 4.74 Å². The molecule has 3 aromatic carbocycles. The van der Waals surface area contributed by atoms with E-state index in [1.807, 2.05) is 48.5 Å². The largest absolute Gasteiger partial charge is 0.457 e. The summed E-state index contributed by atoms with van der Waals surface area (Å²) in [4.78, 5) is 15.9. The molecule has 1 amide bonds. The second-order valence-corrected chi connectivity index (χ2v) is 9.03. The Morgan fingerprint density at radius 2 is 1.42 bits per heavy atom. The highest BCUT2D eigenvalue weighted by molar-refractivity contribution is 5.89. The van der Waals surface area contributed by atoms with Gasteiger partial charge in [-0.05, 0) is 35.4 Å². The van der Waals surface area contributed by atoms with E-state index in [2.05, 4.69) is 40.5 Å². The van der Waals surface area contributed by atoms with Crippen LogP contribution >= 0.6 is 0 Å². The second-order valence-electron chi connectivity index (χ2n) is 9.03. The summed E-state index contributed by atoms with van der Waals surface area (Å²) in [6.45, 7) is 4.09. The van der Waals surface area contributed by atoms with Crippen molar-refractivity contribution in [1.82, 2.24) is 10.2 Å². The van der Waals surface area contributed by atoms with Crippen LogP contribution in [0.4, 0.5) is 0 Å². The Labute approximate surface area is 182 Å². The summed E-state index contributed by atoms with van der Waals surface area (Å²) in [5, 5.41) is 3.28. The van der Waals surface area contributed by atoms with Gasteiger partial charge in [0, 0.05) is 37.3 Å². The number of nitrogens with zero attached hydrogens (tertiary/aromatic N) is 1. The van der Waals surface area contributed by atoms with Crippen LogP contribution in [0.5, 0.6) is 11.5 Å². The van der Waals surface area contributed by atoms with Crippen LogP contribution in [0.2, 0.25) is 0 Å². The quantitative estimate of drug-likeness (QED) is 0.677. The van der Waals surface area contributed by atoms with Crippen molar-refractivity contribution >= 4 is 5.91 Å². The van der Waals surface area contributed by atoms with Crippen LogP contribution in [0.25, 0.3) is 0 Å². The molecule has 2 fully saturated rings. The highest BCUT2D eigenvalue weighted by Crippen LogP contribution is 2.51. The first kappa shape index (κ1) is 18.6. The minimum absolute atomic E-state index is 0.0781. The molecule has 1 N–H and O–H groups in total. The molecule has 0 radical (unpaired) electrons. The summed E-state index contributed by atoms with van der Waals surface area (Å²) in [5.41, 5.74) is 3.28. The summed E-state index contributed by atoms with van der Waals surface area (Å²) < 4.78 is 6.03. The number of amides is 1. The number of fused-ring (bicyclic) bond motifs is 3. The molecule has 3 aromatic rings. The molecule has 0 bridgehead atoms. The van der Waals surface area contributed by atoms with Crippen LogP contribution in [0.1, 0.15) is 22.6 Å². The molecule has 0 spiro atoms. The summed E-state index contributed by atoms with van der Waals surface area (Å²) in [6, 6.07) is 26.4. The van der Waals surface area contributed by atoms with E-state index in [0.717, 1.165) is 60.6 Å². The van der Waals surface area contributed by atoms with Gasteiger partial charge in [-0.15, -0.1) is 0 Å². The van der Waals surface area contributed by atoms with Crippen LogP contribution in [0, 0.1) is 17.8 Å². The van der Waals surface area contributed by atoms with Gasteiger partial charge < -0.3 is 10.1 Å². The van der Waals surface area contributed by atoms with Crippen molar-refractivity contribution in [3.63, 3.8) is 0 Å². The molecule has 1 aliphatic carbocycles. The number of para-hydroxylation sites is 2. The molecular weight excluding hydrogens is 384 g/mol. The Morgan fingerprint density at radius 3 is 2.06 bits per heavy atom. The Morgan fingerprint density at radius 1 is 0.839 bits per heavy atom. The Kier molecular flexibility index (Phi) is 4.53. The van der Waals surface area contributed by atoms with Crippen LogP contribution in [-0.2, 0) is 11.3 Å². The van der Waals surface area contributed by atoms with Gasteiger partial charge in [0.1, 0.15) is 11.5 Å². The molecule has 3 aliphatic rings. The number of likely N-dealkylation sites (tertiary alicyclic amines) is 1. The number of ether oxygens (including phenoxy) is 1. The smallest absolute Gasteiger partial charge is 0.232 e. The maximum absolute atomic E-state index is 13.3. The van der Waals surface area contributed by atoms with Crippen molar-refractivity contribution in [1.29, 1.82) is 0 Å². The Bertz CT molecular complexity index is 1060. The normalized spacial score (nSPS) is 23.9. The standard InChI is InChI=1S/C27H26N2O2/c30-27(26-19-10-4-6-12-24(19)31-25-13-7-5-11-20(25)26)28-14-21-22-16-29(17-23(21)22)15-18-8-2-1-3-9-18/h1-13,21-23,26H,14-17H2,(H,28,30)/t21?,22-,23+. The first-order chi connectivity index (χ1) is 15.3. The molecule has 31 heavy (non-hydrogen) atoms. The summed E-state index contributed by atoms with van der Waals surface area (Å²) >= 11 is 0. The van der Waals surface area contributed by atoms with Crippen molar-refractivity contribution < 1.29 is 9.53 Å². The molecule has 2 heterocycles. The maximum Gasteiger partial charge on any atom is 0.232 e. The fourth-order valence-corrected chi connectivity index (χ4v) is 5.52. The number of benzene rings is 3. The number of carbonyl (C=O) groups excluding carboxylic acids is 1. The predicted molar refractivity (Wildman–Crippen MR) is 120 cm³/mol. The number of rotatable bonds is 5. The fourth-order valence-electron chi connectivity index (χ4n) is 5.52. The van der Waals surface area contributed by atoms with Gasteiger partial charge in [-0.3, -0.25) is 9.69 Å². The molecular formula is C27H26N2O2. The molecule has 2 aliphatic heterocycles. The van der Waals surface area contributed by atoms with Gasteiger partial charge in [-0.25, -0.2) is 0 Å². The molecule has 3 atom stereocenters. The van der Waals surface area contributed by atoms with Crippen LogP contribution in [-0.4, -0.2) is 30.4 Å². The highest BCUT2D eigenvalue weighted by atomic mass is 16.5. The third-order valence-electron chi connectivity index (χ3n) is 7.15. The number of carbonyl (C=O) groups is 1. The fraction of sp³-hybridized carbons (Fsp3) is 0.296. The van der Waals surface area contributed by atoms with Gasteiger partial charge in [0.15, 0.2) is 0 Å². The summed E-state index contributed by atoms with van der Waals surface area (Å²) in [5.74, 6) is 3.38. The lowest BCUT2D eigenvalue weighted by atomic mass is 9.87. The van der Waals surface area contributed by atoms with Crippen molar-refractivity contribution in [3.8, 4) is 11.5 Å². The summed E-state index contributed by atoms with van der Waals surface area (Å²) in [7, 11) is 0. The molecule has 0 aromatic heterocycles. The van der Waals surface area contributed by atoms with Crippen molar-refractivity contribution in [2.45, 2.75) is 12.5 Å². The van der Waals surface area contributed by atoms with E-state index >= 15 is 0 Å². The Balaban J connectivity index is 1.09. The van der Waals surface area contributed by atoms with Crippen molar-refractivity contribution in [2.24, 2.45) is 17.8 Å². The molecule has 6 rings (SSSR count). The third kappa shape index (κ3) is 3.41. The van der Waals surface area contributed by atoms with Gasteiger partial charge in [-0.1, -0.05) is 66.7 Å². The highest BCUT2D eigenvalue weighted by Gasteiger charge is 2.55. The number of hydrogen-bond acceptors (Lipinski definition) is 3. The van der Waals surface area contributed by atoms with E-state index in [-0.39, 0.29) is 11.8 Å². The second kappa shape index (κ2) is 7.54. The van der Waals surface area contributed by atoms with E-state index in [1.54, 1.807) is 0 Å². The molecule has 4 heteroatoms. The van der Waals surface area contributed by atoms with Crippen LogP contribution in [0.3, 0.4) is 0 Å². The first-order valence-electron chi connectivity index (χ1n) is 11.2. The zero-order chi connectivity index (χ0) is 20.8. The van der Waals surface area contributed by atoms with Crippen LogP contribution < -0.4 is 10.1 Å². The van der Waals surface area contributed by atoms with Gasteiger partial charge in [0.25, 0.3) is 0 Å². The van der Waals surface area contributed by atoms with Crippen molar-refractivity contribution in [2.75, 3.05) is 19.6 Å². The van der Waals surface area contributed by atoms with Crippen LogP contribution in [0.15, 0.2) is 78.9 Å². The van der Waals surface area contributed by atoms with Gasteiger partial charge >= 0.3 is 0 Å². The molecule has 1 saturated heterocycles. The summed E-state index contributed by atoms with van der Waals surface area (Å²) in [6.07, 6.45) is 0. The lowest BCUT2D eigenvalue weighted by Crippen LogP contribution is -2.34.